The van der Waals surface area contributed by atoms with E-state index in [4.69, 9.17) is 0 Å². The summed E-state index contributed by atoms with van der Waals surface area (Å²) in [6.45, 7) is 1.85. The van der Waals surface area contributed by atoms with Crippen LogP contribution in [0.1, 0.15) is 29.1 Å². The largest absolute Gasteiger partial charge is 0.378 e. The SMILES string of the molecule is CC(NC(=O)c1ccc(N(C)C)cc1)c1ncn[nH]1. The first-order valence-corrected chi connectivity index (χ1v) is 6.01. The van der Waals surface area contributed by atoms with Crippen LogP contribution in [0.25, 0.3) is 0 Å². The highest BCUT2D eigenvalue weighted by atomic mass is 16.1. The van der Waals surface area contributed by atoms with Gasteiger partial charge in [0, 0.05) is 25.3 Å². The van der Waals surface area contributed by atoms with Gasteiger partial charge in [-0.2, -0.15) is 5.10 Å². The molecule has 0 aliphatic rings. The molecule has 0 radical (unpaired) electrons. The van der Waals surface area contributed by atoms with E-state index < -0.39 is 0 Å². The van der Waals surface area contributed by atoms with E-state index in [1.807, 2.05) is 38.1 Å². The normalized spacial score (nSPS) is 11.9. The summed E-state index contributed by atoms with van der Waals surface area (Å²) in [5.41, 5.74) is 1.68. The molecule has 19 heavy (non-hydrogen) atoms. The minimum atomic E-state index is -0.205. The van der Waals surface area contributed by atoms with Crippen LogP contribution in [0.4, 0.5) is 5.69 Å². The summed E-state index contributed by atoms with van der Waals surface area (Å²) in [7, 11) is 3.92. The molecule has 0 fully saturated rings. The van der Waals surface area contributed by atoms with E-state index in [0.29, 0.717) is 11.4 Å². The Morgan fingerprint density at radius 2 is 2.00 bits per heavy atom. The molecule has 1 unspecified atom stereocenters. The summed E-state index contributed by atoms with van der Waals surface area (Å²) in [5, 5.41) is 9.36. The van der Waals surface area contributed by atoms with Crippen molar-refractivity contribution in [3.05, 3.63) is 42.0 Å². The van der Waals surface area contributed by atoms with Gasteiger partial charge in [0.05, 0.1) is 6.04 Å². The molecule has 1 atom stereocenters. The molecule has 1 amide bonds. The second kappa shape index (κ2) is 5.51. The van der Waals surface area contributed by atoms with Crippen molar-refractivity contribution in [3.8, 4) is 0 Å². The zero-order valence-corrected chi connectivity index (χ0v) is 11.2. The highest BCUT2D eigenvalue weighted by molar-refractivity contribution is 5.94. The van der Waals surface area contributed by atoms with E-state index in [2.05, 4.69) is 20.5 Å². The van der Waals surface area contributed by atoms with Crippen LogP contribution in [0.5, 0.6) is 0 Å². The Balaban J connectivity index is 2.03. The fraction of sp³-hybridized carbons (Fsp3) is 0.308. The van der Waals surface area contributed by atoms with Crippen molar-refractivity contribution in [2.75, 3.05) is 19.0 Å². The predicted octanol–water partition coefficient (Wildman–Crippen LogP) is 1.36. The molecule has 100 valence electrons. The van der Waals surface area contributed by atoms with Gasteiger partial charge in [0.1, 0.15) is 12.2 Å². The van der Waals surface area contributed by atoms with Crippen LogP contribution in [0.2, 0.25) is 0 Å². The second-order valence-corrected chi connectivity index (χ2v) is 4.51. The number of benzene rings is 1. The van der Waals surface area contributed by atoms with Crippen molar-refractivity contribution in [1.29, 1.82) is 0 Å². The molecule has 1 aromatic carbocycles. The lowest BCUT2D eigenvalue weighted by Crippen LogP contribution is -2.27. The van der Waals surface area contributed by atoms with E-state index in [9.17, 15) is 4.79 Å². The summed E-state index contributed by atoms with van der Waals surface area (Å²) < 4.78 is 0. The minimum absolute atomic E-state index is 0.130. The number of anilines is 1. The zero-order chi connectivity index (χ0) is 13.8. The third-order valence-electron chi connectivity index (χ3n) is 2.84. The lowest BCUT2D eigenvalue weighted by atomic mass is 10.1. The lowest BCUT2D eigenvalue weighted by molar-refractivity contribution is 0.0938. The van der Waals surface area contributed by atoms with Gasteiger partial charge in [-0.1, -0.05) is 0 Å². The van der Waals surface area contributed by atoms with Gasteiger partial charge in [0.2, 0.25) is 0 Å². The number of rotatable bonds is 4. The van der Waals surface area contributed by atoms with E-state index in [1.165, 1.54) is 6.33 Å². The monoisotopic (exact) mass is 259 g/mol. The number of hydrogen-bond acceptors (Lipinski definition) is 4. The number of carbonyl (C=O) groups excluding carboxylic acids is 1. The number of hydrogen-bond donors (Lipinski definition) is 2. The topological polar surface area (TPSA) is 73.9 Å². The van der Waals surface area contributed by atoms with Crippen molar-refractivity contribution in [2.45, 2.75) is 13.0 Å². The van der Waals surface area contributed by atoms with Crippen LogP contribution >= 0.6 is 0 Å². The lowest BCUT2D eigenvalue weighted by Gasteiger charge is -2.14. The zero-order valence-electron chi connectivity index (χ0n) is 11.2. The Bertz CT molecular complexity index is 533. The third kappa shape index (κ3) is 3.09. The van der Waals surface area contributed by atoms with Crippen LogP contribution in [-0.4, -0.2) is 35.2 Å². The average Bonchev–Trinajstić information content (AvgIpc) is 2.92. The van der Waals surface area contributed by atoms with Crippen LogP contribution in [0.3, 0.4) is 0 Å². The van der Waals surface area contributed by atoms with Gasteiger partial charge in [-0.25, -0.2) is 4.98 Å². The first kappa shape index (κ1) is 13.1. The Morgan fingerprint density at radius 1 is 1.32 bits per heavy atom. The summed E-state index contributed by atoms with van der Waals surface area (Å²) in [4.78, 5) is 18.0. The number of nitrogens with zero attached hydrogens (tertiary/aromatic N) is 3. The van der Waals surface area contributed by atoms with Crippen LogP contribution < -0.4 is 10.2 Å². The van der Waals surface area contributed by atoms with Crippen LogP contribution in [0, 0.1) is 0 Å². The van der Waals surface area contributed by atoms with Gasteiger partial charge >= 0.3 is 0 Å². The minimum Gasteiger partial charge on any atom is -0.378 e. The van der Waals surface area contributed by atoms with Crippen molar-refractivity contribution >= 4 is 11.6 Å². The second-order valence-electron chi connectivity index (χ2n) is 4.51. The van der Waals surface area contributed by atoms with Gasteiger partial charge in [-0.05, 0) is 31.2 Å². The molecule has 0 aliphatic carbocycles. The highest BCUT2D eigenvalue weighted by Gasteiger charge is 2.13. The molecular weight excluding hydrogens is 242 g/mol. The summed E-state index contributed by atoms with van der Waals surface area (Å²) >= 11 is 0. The summed E-state index contributed by atoms with van der Waals surface area (Å²) in [6.07, 6.45) is 1.42. The van der Waals surface area contributed by atoms with Crippen LogP contribution in [0.15, 0.2) is 30.6 Å². The molecule has 2 rings (SSSR count). The molecule has 0 aliphatic heterocycles. The van der Waals surface area contributed by atoms with Gasteiger partial charge in [0.25, 0.3) is 5.91 Å². The third-order valence-corrected chi connectivity index (χ3v) is 2.84. The standard InChI is InChI=1S/C13H17N5O/c1-9(12-14-8-15-17-12)16-13(19)10-4-6-11(7-5-10)18(2)3/h4-9H,1-3H3,(H,16,19)(H,14,15,17). The highest BCUT2D eigenvalue weighted by Crippen LogP contribution is 2.13. The molecule has 6 heteroatoms. The maximum atomic E-state index is 12.0. The molecule has 0 spiro atoms. The average molecular weight is 259 g/mol. The number of amides is 1. The fourth-order valence-electron chi connectivity index (χ4n) is 1.68. The number of aromatic amines is 1. The Labute approximate surface area is 111 Å². The van der Waals surface area contributed by atoms with E-state index >= 15 is 0 Å². The summed E-state index contributed by atoms with van der Waals surface area (Å²) in [5.74, 6) is 0.507. The van der Waals surface area contributed by atoms with E-state index in [-0.39, 0.29) is 11.9 Å². The quantitative estimate of drug-likeness (QED) is 0.869. The molecular formula is C13H17N5O. The van der Waals surface area contributed by atoms with Gasteiger partial charge in [-0.15, -0.1) is 0 Å². The number of nitrogens with one attached hydrogen (secondary N) is 2. The van der Waals surface area contributed by atoms with Crippen molar-refractivity contribution in [3.63, 3.8) is 0 Å². The van der Waals surface area contributed by atoms with Gasteiger partial charge < -0.3 is 10.2 Å². The molecule has 0 bridgehead atoms. The molecule has 6 nitrogen and oxygen atoms in total. The Kier molecular flexibility index (Phi) is 3.79. The molecule has 0 saturated heterocycles. The predicted molar refractivity (Wildman–Crippen MR) is 73.0 cm³/mol. The number of carbonyl (C=O) groups is 1. The van der Waals surface area contributed by atoms with Gasteiger partial charge in [0.15, 0.2) is 0 Å². The molecule has 1 aromatic heterocycles. The van der Waals surface area contributed by atoms with Crippen molar-refractivity contribution in [2.24, 2.45) is 0 Å². The van der Waals surface area contributed by atoms with Crippen LogP contribution in [-0.2, 0) is 0 Å². The van der Waals surface area contributed by atoms with E-state index in [1.54, 1.807) is 12.1 Å². The summed E-state index contributed by atoms with van der Waals surface area (Å²) in [6, 6.07) is 7.22. The maximum absolute atomic E-state index is 12.0. The van der Waals surface area contributed by atoms with E-state index in [0.717, 1.165) is 5.69 Å². The van der Waals surface area contributed by atoms with Crippen molar-refractivity contribution in [1.82, 2.24) is 20.5 Å². The Hall–Kier alpha value is -2.37. The molecule has 1 heterocycles. The molecule has 2 N–H and O–H groups in total. The molecule has 0 saturated carbocycles. The smallest absolute Gasteiger partial charge is 0.251 e. The molecule has 2 aromatic rings. The fourth-order valence-corrected chi connectivity index (χ4v) is 1.68. The first-order chi connectivity index (χ1) is 9.08. The first-order valence-electron chi connectivity index (χ1n) is 6.01. The number of aromatic nitrogens is 3. The van der Waals surface area contributed by atoms with Gasteiger partial charge in [-0.3, -0.25) is 9.89 Å². The van der Waals surface area contributed by atoms with Crippen molar-refractivity contribution < 1.29 is 4.79 Å². The maximum Gasteiger partial charge on any atom is 0.251 e. The Morgan fingerprint density at radius 3 is 2.53 bits per heavy atom. The number of H-pyrrole nitrogens is 1.